The van der Waals surface area contributed by atoms with E-state index in [0.717, 1.165) is 0 Å². The zero-order valence-electron chi connectivity index (χ0n) is 6.82. The van der Waals surface area contributed by atoms with Crippen molar-refractivity contribution in [3.8, 4) is 6.07 Å². The molecule has 1 heterocycles. The summed E-state index contributed by atoms with van der Waals surface area (Å²) in [5.41, 5.74) is 5.25. The molecule has 64 valence electrons. The number of nitriles is 1. The SMILES string of the molecule is CC(CC#N)Cc1nc(N)no1. The first-order valence-electron chi connectivity index (χ1n) is 3.67. The normalized spacial score (nSPS) is 12.3. The van der Waals surface area contributed by atoms with E-state index in [9.17, 15) is 0 Å². The fourth-order valence-corrected chi connectivity index (χ4v) is 0.877. The van der Waals surface area contributed by atoms with Gasteiger partial charge in [0.25, 0.3) is 5.95 Å². The summed E-state index contributed by atoms with van der Waals surface area (Å²) in [6.07, 6.45) is 1.10. The Kier molecular flexibility index (Phi) is 2.64. The molecule has 1 rings (SSSR count). The van der Waals surface area contributed by atoms with Crippen LogP contribution in [0, 0.1) is 17.2 Å². The van der Waals surface area contributed by atoms with Gasteiger partial charge in [-0.05, 0) is 11.1 Å². The summed E-state index contributed by atoms with van der Waals surface area (Å²) in [6, 6.07) is 2.07. The van der Waals surface area contributed by atoms with Crippen LogP contribution < -0.4 is 5.73 Å². The second kappa shape index (κ2) is 3.72. The van der Waals surface area contributed by atoms with Gasteiger partial charge in [-0.25, -0.2) is 0 Å². The van der Waals surface area contributed by atoms with E-state index >= 15 is 0 Å². The molecule has 0 aliphatic rings. The maximum atomic E-state index is 8.38. The summed E-state index contributed by atoms with van der Waals surface area (Å²) in [5, 5.41) is 11.8. The Morgan fingerprint density at radius 2 is 2.50 bits per heavy atom. The molecule has 0 aliphatic heterocycles. The molecule has 0 saturated carbocycles. The molecule has 5 nitrogen and oxygen atoms in total. The number of aromatic nitrogens is 2. The molecule has 0 aromatic carbocycles. The molecule has 0 bridgehead atoms. The summed E-state index contributed by atoms with van der Waals surface area (Å²) in [4.78, 5) is 3.82. The zero-order chi connectivity index (χ0) is 8.97. The van der Waals surface area contributed by atoms with Crippen molar-refractivity contribution >= 4 is 5.95 Å². The largest absolute Gasteiger partial charge is 0.365 e. The standard InChI is InChI=1S/C7H10N4O/c1-5(2-3-8)4-6-10-7(9)11-12-6/h5H,2,4H2,1H3,(H2,9,11). The Morgan fingerprint density at radius 3 is 3.00 bits per heavy atom. The van der Waals surface area contributed by atoms with Crippen molar-refractivity contribution in [3.63, 3.8) is 0 Å². The van der Waals surface area contributed by atoms with Crippen molar-refractivity contribution < 1.29 is 4.52 Å². The minimum Gasteiger partial charge on any atom is -0.365 e. The van der Waals surface area contributed by atoms with Crippen LogP contribution in [-0.4, -0.2) is 10.1 Å². The highest BCUT2D eigenvalue weighted by Gasteiger charge is 2.08. The zero-order valence-corrected chi connectivity index (χ0v) is 6.82. The van der Waals surface area contributed by atoms with E-state index in [1.54, 1.807) is 0 Å². The quantitative estimate of drug-likeness (QED) is 0.715. The summed E-state index contributed by atoms with van der Waals surface area (Å²) in [7, 11) is 0. The van der Waals surface area contributed by atoms with Crippen molar-refractivity contribution in [2.75, 3.05) is 5.73 Å². The Balaban J connectivity index is 2.47. The first-order valence-corrected chi connectivity index (χ1v) is 3.67. The minimum absolute atomic E-state index is 0.147. The van der Waals surface area contributed by atoms with Crippen LogP contribution in [0.3, 0.4) is 0 Å². The highest BCUT2D eigenvalue weighted by Crippen LogP contribution is 2.09. The van der Waals surface area contributed by atoms with Crippen molar-refractivity contribution in [1.82, 2.24) is 10.1 Å². The summed E-state index contributed by atoms with van der Waals surface area (Å²) < 4.78 is 4.79. The van der Waals surface area contributed by atoms with E-state index in [2.05, 4.69) is 16.2 Å². The smallest absolute Gasteiger partial charge is 0.260 e. The number of nitrogens with two attached hydrogens (primary N) is 1. The van der Waals surface area contributed by atoms with Crippen LogP contribution in [0.4, 0.5) is 5.95 Å². The molecule has 1 atom stereocenters. The van der Waals surface area contributed by atoms with Crippen LogP contribution in [0.1, 0.15) is 19.2 Å². The van der Waals surface area contributed by atoms with Crippen molar-refractivity contribution in [1.29, 1.82) is 5.26 Å². The predicted octanol–water partition coefficient (Wildman–Crippen LogP) is 0.744. The second-order valence-corrected chi connectivity index (χ2v) is 2.72. The molecule has 5 heteroatoms. The Hall–Kier alpha value is -1.57. The summed E-state index contributed by atoms with van der Waals surface area (Å²) >= 11 is 0. The molecular formula is C7H10N4O. The van der Waals surface area contributed by atoms with Gasteiger partial charge in [0.05, 0.1) is 6.07 Å². The molecule has 0 radical (unpaired) electrons. The monoisotopic (exact) mass is 166 g/mol. The number of hydrogen-bond acceptors (Lipinski definition) is 5. The maximum absolute atomic E-state index is 8.38. The molecule has 1 aromatic rings. The van der Waals surface area contributed by atoms with Crippen molar-refractivity contribution in [3.05, 3.63) is 5.89 Å². The van der Waals surface area contributed by atoms with E-state index in [1.165, 1.54) is 0 Å². The van der Waals surface area contributed by atoms with Gasteiger partial charge < -0.3 is 10.3 Å². The molecule has 0 aliphatic carbocycles. The maximum Gasteiger partial charge on any atom is 0.260 e. The van der Waals surface area contributed by atoms with E-state index in [4.69, 9.17) is 15.5 Å². The lowest BCUT2D eigenvalue weighted by Crippen LogP contribution is -1.98. The molecule has 0 fully saturated rings. The van der Waals surface area contributed by atoms with Crippen LogP contribution in [0.25, 0.3) is 0 Å². The number of nitrogen functional groups attached to an aromatic ring is 1. The second-order valence-electron chi connectivity index (χ2n) is 2.72. The fourth-order valence-electron chi connectivity index (χ4n) is 0.877. The van der Waals surface area contributed by atoms with Gasteiger partial charge in [-0.1, -0.05) is 6.92 Å². The summed E-state index contributed by atoms with van der Waals surface area (Å²) in [6.45, 7) is 1.95. The van der Waals surface area contributed by atoms with Crippen LogP contribution in [0.2, 0.25) is 0 Å². The van der Waals surface area contributed by atoms with E-state index in [1.807, 2.05) is 6.92 Å². The Labute approximate surface area is 70.2 Å². The summed E-state index contributed by atoms with van der Waals surface area (Å²) in [5.74, 6) is 0.874. The molecule has 2 N–H and O–H groups in total. The van der Waals surface area contributed by atoms with Crippen LogP contribution >= 0.6 is 0 Å². The van der Waals surface area contributed by atoms with Crippen LogP contribution in [0.15, 0.2) is 4.52 Å². The van der Waals surface area contributed by atoms with E-state index < -0.39 is 0 Å². The molecule has 0 spiro atoms. The third-order valence-corrected chi connectivity index (χ3v) is 1.45. The number of hydrogen-bond donors (Lipinski definition) is 1. The average Bonchev–Trinajstić information content (AvgIpc) is 2.36. The van der Waals surface area contributed by atoms with Gasteiger partial charge in [-0.2, -0.15) is 10.2 Å². The van der Waals surface area contributed by atoms with Gasteiger partial charge in [0, 0.05) is 12.8 Å². The van der Waals surface area contributed by atoms with E-state index in [0.29, 0.717) is 18.7 Å². The van der Waals surface area contributed by atoms with Crippen molar-refractivity contribution in [2.45, 2.75) is 19.8 Å². The van der Waals surface area contributed by atoms with Gasteiger partial charge >= 0.3 is 0 Å². The first kappa shape index (κ1) is 8.53. The van der Waals surface area contributed by atoms with Gasteiger partial charge in [0.1, 0.15) is 0 Å². The lowest BCUT2D eigenvalue weighted by molar-refractivity contribution is 0.359. The lowest BCUT2D eigenvalue weighted by atomic mass is 10.1. The molecule has 0 amide bonds. The number of anilines is 1. The lowest BCUT2D eigenvalue weighted by Gasteiger charge is -1.99. The van der Waals surface area contributed by atoms with Crippen LogP contribution in [-0.2, 0) is 6.42 Å². The molecular weight excluding hydrogens is 156 g/mol. The number of nitrogens with zero attached hydrogens (tertiary/aromatic N) is 3. The predicted molar refractivity (Wildman–Crippen MR) is 41.8 cm³/mol. The topological polar surface area (TPSA) is 88.7 Å². The average molecular weight is 166 g/mol. The fraction of sp³-hybridized carbons (Fsp3) is 0.571. The van der Waals surface area contributed by atoms with E-state index in [-0.39, 0.29) is 11.9 Å². The highest BCUT2D eigenvalue weighted by atomic mass is 16.5. The highest BCUT2D eigenvalue weighted by molar-refractivity contribution is 5.10. The van der Waals surface area contributed by atoms with Gasteiger partial charge in [-0.15, -0.1) is 0 Å². The number of rotatable bonds is 3. The molecule has 0 saturated heterocycles. The molecule has 1 unspecified atom stereocenters. The van der Waals surface area contributed by atoms with Gasteiger partial charge in [0.15, 0.2) is 0 Å². The third kappa shape index (κ3) is 2.23. The van der Waals surface area contributed by atoms with Crippen LogP contribution in [0.5, 0.6) is 0 Å². The third-order valence-electron chi connectivity index (χ3n) is 1.45. The Morgan fingerprint density at radius 1 is 1.75 bits per heavy atom. The molecule has 12 heavy (non-hydrogen) atoms. The first-order chi connectivity index (χ1) is 5.72. The van der Waals surface area contributed by atoms with Gasteiger partial charge in [0.2, 0.25) is 5.89 Å². The van der Waals surface area contributed by atoms with Gasteiger partial charge in [-0.3, -0.25) is 0 Å². The minimum atomic E-state index is 0.147. The molecule has 1 aromatic heterocycles. The Bertz CT molecular complexity index is 288. The van der Waals surface area contributed by atoms with Crippen molar-refractivity contribution in [2.24, 2.45) is 5.92 Å².